The third-order valence-corrected chi connectivity index (χ3v) is 9.19. The topological polar surface area (TPSA) is 106 Å². The van der Waals surface area contributed by atoms with E-state index in [2.05, 4.69) is 4.72 Å². The normalized spacial score (nSPS) is 14.5. The van der Waals surface area contributed by atoms with Gasteiger partial charge in [0.1, 0.15) is 21.8 Å². The van der Waals surface area contributed by atoms with Gasteiger partial charge in [0.15, 0.2) is 11.6 Å². The number of aromatic nitrogens is 1. The standard InChI is InChI=1S/C27H22F5N3O5S2/c1-3-42(38,39)34-15-5-7-20(40-21-6-4-14(28)10-19(21)29)16(11-15)18-13-35(2)25(37)23-17(18)12-22(41-23)24(36)33-26(8-9-26)27(30,31)32/h4-7,10-13,34H,3,8-9H2,1-2H3,(H,33,36). The SMILES string of the molecule is CCS(=O)(=O)Nc1ccc(Oc2ccc(F)cc2F)c(-c2cn(C)c(=O)c3sc(C(=O)NC4(C(F)(F)F)CC4)cc23)c1. The molecule has 0 bridgehead atoms. The highest BCUT2D eigenvalue weighted by Gasteiger charge is 2.64. The van der Waals surface area contributed by atoms with Crippen molar-refractivity contribution in [3.05, 3.63) is 75.5 Å². The first-order valence-corrected chi connectivity index (χ1v) is 14.9. The number of nitrogens with one attached hydrogen (secondary N) is 2. The van der Waals surface area contributed by atoms with E-state index in [1.807, 2.05) is 5.32 Å². The lowest BCUT2D eigenvalue weighted by Gasteiger charge is -2.20. The first-order valence-electron chi connectivity index (χ1n) is 12.4. The molecule has 2 aromatic carbocycles. The maximum atomic E-state index is 14.5. The molecule has 1 amide bonds. The van der Waals surface area contributed by atoms with Crippen LogP contribution in [0.15, 0.2) is 53.5 Å². The molecular weight excluding hydrogens is 605 g/mol. The van der Waals surface area contributed by atoms with Gasteiger partial charge in [-0.1, -0.05) is 0 Å². The van der Waals surface area contributed by atoms with E-state index in [1.54, 1.807) is 0 Å². The van der Waals surface area contributed by atoms with E-state index in [9.17, 15) is 40.0 Å². The van der Waals surface area contributed by atoms with E-state index in [0.29, 0.717) is 17.4 Å². The summed E-state index contributed by atoms with van der Waals surface area (Å²) in [6.45, 7) is 1.43. The lowest BCUT2D eigenvalue weighted by Crippen LogP contribution is -2.47. The molecule has 0 saturated heterocycles. The van der Waals surface area contributed by atoms with Crippen molar-refractivity contribution < 1.29 is 39.9 Å². The van der Waals surface area contributed by atoms with Crippen molar-refractivity contribution in [3.8, 4) is 22.6 Å². The van der Waals surface area contributed by atoms with E-state index >= 15 is 0 Å². The number of aryl methyl sites for hydroxylation is 1. The van der Waals surface area contributed by atoms with Crippen molar-refractivity contribution in [1.29, 1.82) is 0 Å². The van der Waals surface area contributed by atoms with E-state index in [4.69, 9.17) is 4.74 Å². The third-order valence-electron chi connectivity index (χ3n) is 6.77. The summed E-state index contributed by atoms with van der Waals surface area (Å²) in [6.07, 6.45) is -3.80. The zero-order valence-corrected chi connectivity index (χ0v) is 23.6. The third kappa shape index (κ3) is 5.57. The molecule has 222 valence electrons. The molecule has 0 unspecified atom stereocenters. The van der Waals surface area contributed by atoms with Gasteiger partial charge in [-0.3, -0.25) is 14.3 Å². The smallest absolute Gasteiger partial charge is 0.411 e. The van der Waals surface area contributed by atoms with E-state index in [1.165, 1.54) is 49.0 Å². The molecule has 1 aliphatic carbocycles. The minimum atomic E-state index is -4.64. The number of rotatable bonds is 8. The number of pyridine rings is 1. The lowest BCUT2D eigenvalue weighted by atomic mass is 10.0. The van der Waals surface area contributed by atoms with Gasteiger partial charge in [-0.2, -0.15) is 13.2 Å². The Kier molecular flexibility index (Phi) is 7.29. The summed E-state index contributed by atoms with van der Waals surface area (Å²) in [7, 11) is -2.32. The van der Waals surface area contributed by atoms with Gasteiger partial charge in [-0.25, -0.2) is 17.2 Å². The van der Waals surface area contributed by atoms with Gasteiger partial charge in [0.25, 0.3) is 11.5 Å². The number of carbonyl (C=O) groups is 1. The average Bonchev–Trinajstić information content (AvgIpc) is 3.57. The van der Waals surface area contributed by atoms with Gasteiger partial charge in [0.05, 0.1) is 10.6 Å². The molecule has 2 N–H and O–H groups in total. The zero-order chi connectivity index (χ0) is 30.6. The number of amides is 1. The quantitative estimate of drug-likeness (QED) is 0.236. The second-order valence-corrected chi connectivity index (χ2v) is 12.8. The molecule has 15 heteroatoms. The number of hydrogen-bond acceptors (Lipinski definition) is 6. The van der Waals surface area contributed by atoms with E-state index in [0.717, 1.165) is 12.1 Å². The van der Waals surface area contributed by atoms with Gasteiger partial charge >= 0.3 is 6.18 Å². The molecule has 0 aliphatic heterocycles. The van der Waals surface area contributed by atoms with Crippen LogP contribution in [0.2, 0.25) is 0 Å². The van der Waals surface area contributed by atoms with Crippen molar-refractivity contribution in [2.75, 3.05) is 10.5 Å². The summed E-state index contributed by atoms with van der Waals surface area (Å²) in [5.41, 5.74) is -2.39. The van der Waals surface area contributed by atoms with Gasteiger partial charge < -0.3 is 14.6 Å². The molecule has 0 radical (unpaired) electrons. The summed E-state index contributed by atoms with van der Waals surface area (Å²) < 4.78 is 102. The first kappa shape index (κ1) is 29.5. The molecule has 8 nitrogen and oxygen atoms in total. The number of benzene rings is 2. The highest BCUT2D eigenvalue weighted by Crippen LogP contribution is 2.49. The second kappa shape index (κ2) is 10.4. The molecule has 5 rings (SSSR count). The van der Waals surface area contributed by atoms with Crippen molar-refractivity contribution >= 4 is 43.0 Å². The molecule has 1 saturated carbocycles. The Balaban J connectivity index is 1.66. The number of alkyl halides is 3. The predicted octanol–water partition coefficient (Wildman–Crippen LogP) is 5.92. The molecule has 0 spiro atoms. The Labute approximate surface area is 239 Å². The van der Waals surface area contributed by atoms with Crippen LogP contribution < -0.4 is 20.3 Å². The van der Waals surface area contributed by atoms with Crippen LogP contribution in [0.1, 0.15) is 29.4 Å². The van der Waals surface area contributed by atoms with Crippen LogP contribution in [0.3, 0.4) is 0 Å². The number of halogens is 5. The number of nitrogens with zero attached hydrogens (tertiary/aromatic N) is 1. The minimum absolute atomic E-state index is 0.0221. The number of hydrogen-bond donors (Lipinski definition) is 2. The highest BCUT2D eigenvalue weighted by atomic mass is 32.2. The van der Waals surface area contributed by atoms with Gasteiger partial charge in [0.2, 0.25) is 10.0 Å². The molecule has 0 atom stereocenters. The van der Waals surface area contributed by atoms with Crippen LogP contribution in [0.5, 0.6) is 11.5 Å². The van der Waals surface area contributed by atoms with Crippen LogP contribution >= 0.6 is 11.3 Å². The molecule has 42 heavy (non-hydrogen) atoms. The van der Waals surface area contributed by atoms with E-state index in [-0.39, 0.29) is 61.9 Å². The van der Waals surface area contributed by atoms with Crippen molar-refractivity contribution in [1.82, 2.24) is 9.88 Å². The summed E-state index contributed by atoms with van der Waals surface area (Å²) in [5.74, 6) is -3.48. The number of ether oxygens (including phenoxy) is 1. The van der Waals surface area contributed by atoms with Crippen LogP contribution in [0, 0.1) is 11.6 Å². The van der Waals surface area contributed by atoms with Crippen LogP contribution in [0.4, 0.5) is 27.6 Å². The molecule has 1 fully saturated rings. The Hall–Kier alpha value is -3.98. The van der Waals surface area contributed by atoms with Crippen LogP contribution in [0.25, 0.3) is 21.2 Å². The van der Waals surface area contributed by atoms with Crippen molar-refractivity contribution in [2.24, 2.45) is 7.05 Å². The summed E-state index contributed by atoms with van der Waals surface area (Å²) in [5, 5.41) is 2.21. The van der Waals surface area contributed by atoms with Gasteiger partial charge in [-0.05, 0) is 56.2 Å². The number of sulfonamides is 1. The van der Waals surface area contributed by atoms with Crippen molar-refractivity contribution in [2.45, 2.75) is 31.5 Å². The monoisotopic (exact) mass is 627 g/mol. The Morgan fingerprint density at radius 1 is 1.07 bits per heavy atom. The van der Waals surface area contributed by atoms with Gasteiger partial charge in [-0.15, -0.1) is 11.3 Å². The fourth-order valence-electron chi connectivity index (χ4n) is 4.26. The maximum absolute atomic E-state index is 14.5. The Morgan fingerprint density at radius 3 is 2.38 bits per heavy atom. The average molecular weight is 628 g/mol. The number of fused-ring (bicyclic) bond motifs is 1. The first-order chi connectivity index (χ1) is 19.6. The largest absolute Gasteiger partial charge is 0.454 e. The Bertz CT molecular complexity index is 1900. The molecular formula is C27H22F5N3O5S2. The summed E-state index contributed by atoms with van der Waals surface area (Å²) in [6, 6.07) is 7.96. The highest BCUT2D eigenvalue weighted by molar-refractivity contribution is 7.92. The van der Waals surface area contributed by atoms with Crippen molar-refractivity contribution in [3.63, 3.8) is 0 Å². The second-order valence-electron chi connectivity index (χ2n) is 9.74. The summed E-state index contributed by atoms with van der Waals surface area (Å²) >= 11 is 0.699. The molecule has 1 aliphatic rings. The van der Waals surface area contributed by atoms with E-state index < -0.39 is 44.8 Å². The number of thiophene rings is 1. The molecule has 2 aromatic heterocycles. The lowest BCUT2D eigenvalue weighted by molar-refractivity contribution is -0.163. The fraction of sp³-hybridized carbons (Fsp3) is 0.259. The van der Waals surface area contributed by atoms with Gasteiger partial charge in [0, 0.05) is 41.5 Å². The van der Waals surface area contributed by atoms with Crippen LogP contribution in [-0.4, -0.2) is 36.4 Å². The number of carbonyl (C=O) groups excluding carboxylic acids is 1. The summed E-state index contributed by atoms with van der Waals surface area (Å²) in [4.78, 5) is 25.7. The fourth-order valence-corrected chi connectivity index (χ4v) is 5.94. The predicted molar refractivity (Wildman–Crippen MR) is 148 cm³/mol. The Morgan fingerprint density at radius 2 is 1.76 bits per heavy atom. The minimum Gasteiger partial charge on any atom is -0.454 e. The number of anilines is 1. The maximum Gasteiger partial charge on any atom is 0.411 e. The van der Waals surface area contributed by atoms with Crippen LogP contribution in [-0.2, 0) is 17.1 Å². The molecule has 2 heterocycles. The molecule has 4 aromatic rings. The zero-order valence-electron chi connectivity index (χ0n) is 21.9.